The lowest BCUT2D eigenvalue weighted by Gasteiger charge is -2.21. The Kier molecular flexibility index (Phi) is 8.76. The summed E-state index contributed by atoms with van der Waals surface area (Å²) in [6.45, 7) is 6.14. The smallest absolute Gasteiger partial charge is 0.325 e. The van der Waals surface area contributed by atoms with E-state index in [0.717, 1.165) is 18.6 Å². The molecule has 0 aliphatic carbocycles. The minimum atomic E-state index is -0.814. The molecule has 0 saturated carbocycles. The van der Waals surface area contributed by atoms with Crippen LogP contribution in [0.1, 0.15) is 46.5 Å². The van der Waals surface area contributed by atoms with E-state index in [1.165, 1.54) is 12.2 Å². The zero-order valence-corrected chi connectivity index (χ0v) is 11.6. The number of nitrogens with two attached hydrogens (primary N) is 1. The summed E-state index contributed by atoms with van der Waals surface area (Å²) >= 11 is 1.97. The van der Waals surface area contributed by atoms with Crippen molar-refractivity contribution in [1.29, 1.82) is 0 Å². The predicted octanol–water partition coefficient (Wildman–Crippen LogP) is 2.58. The van der Waals surface area contributed by atoms with Gasteiger partial charge in [-0.25, -0.2) is 0 Å². The lowest BCUT2D eigenvalue weighted by molar-refractivity contribution is -0.149. The predicted molar refractivity (Wildman–Crippen MR) is 70.7 cm³/mol. The van der Waals surface area contributed by atoms with Gasteiger partial charge in [-0.1, -0.05) is 13.3 Å². The average Bonchev–Trinajstić information content (AvgIpc) is 2.23. The van der Waals surface area contributed by atoms with Crippen LogP contribution in [-0.4, -0.2) is 29.6 Å². The third-order valence-corrected chi connectivity index (χ3v) is 3.60. The molecule has 0 amide bonds. The Morgan fingerprint density at radius 2 is 2.00 bits per heavy atom. The van der Waals surface area contributed by atoms with E-state index in [1.54, 1.807) is 13.8 Å². The van der Waals surface area contributed by atoms with Gasteiger partial charge in [0.1, 0.15) is 5.54 Å². The third-order valence-electron chi connectivity index (χ3n) is 2.32. The fraction of sp³-hybridized carbons (Fsp3) is 0.917. The van der Waals surface area contributed by atoms with E-state index in [4.69, 9.17) is 10.5 Å². The van der Waals surface area contributed by atoms with Gasteiger partial charge in [-0.3, -0.25) is 4.79 Å². The Balaban J connectivity index is 3.61. The molecule has 0 aliphatic rings. The highest BCUT2D eigenvalue weighted by molar-refractivity contribution is 7.99. The first-order chi connectivity index (χ1) is 7.54. The van der Waals surface area contributed by atoms with E-state index in [2.05, 4.69) is 6.92 Å². The molecule has 0 saturated heterocycles. The SMILES string of the molecule is CCCSCCCCC(C)(N)C(=O)OCC. The molecule has 96 valence electrons. The molecule has 16 heavy (non-hydrogen) atoms. The van der Waals surface area contributed by atoms with E-state index < -0.39 is 5.54 Å². The third kappa shape index (κ3) is 7.12. The summed E-state index contributed by atoms with van der Waals surface area (Å²) in [7, 11) is 0. The number of rotatable bonds is 9. The molecular weight excluding hydrogens is 222 g/mol. The largest absolute Gasteiger partial charge is 0.465 e. The van der Waals surface area contributed by atoms with Crippen molar-refractivity contribution in [3.8, 4) is 0 Å². The summed E-state index contributed by atoms with van der Waals surface area (Å²) in [4.78, 5) is 11.5. The van der Waals surface area contributed by atoms with Crippen LogP contribution in [0.5, 0.6) is 0 Å². The summed E-state index contributed by atoms with van der Waals surface area (Å²) in [5.74, 6) is 2.10. The summed E-state index contributed by atoms with van der Waals surface area (Å²) < 4.78 is 4.93. The summed E-state index contributed by atoms with van der Waals surface area (Å²) in [5.41, 5.74) is 5.09. The van der Waals surface area contributed by atoms with Crippen LogP contribution >= 0.6 is 11.8 Å². The molecule has 0 spiro atoms. The zero-order chi connectivity index (χ0) is 12.4. The molecule has 2 N–H and O–H groups in total. The standard InChI is InChI=1S/C12H25NO2S/c1-4-9-16-10-7-6-8-12(3,13)11(14)15-5-2/h4-10,13H2,1-3H3. The molecule has 0 aromatic heterocycles. The van der Waals surface area contributed by atoms with E-state index in [-0.39, 0.29) is 5.97 Å². The van der Waals surface area contributed by atoms with Gasteiger partial charge in [-0.05, 0) is 44.6 Å². The van der Waals surface area contributed by atoms with Crippen molar-refractivity contribution in [2.45, 2.75) is 52.0 Å². The highest BCUT2D eigenvalue weighted by atomic mass is 32.2. The maximum Gasteiger partial charge on any atom is 0.325 e. The quantitative estimate of drug-likeness (QED) is 0.502. The zero-order valence-electron chi connectivity index (χ0n) is 10.8. The van der Waals surface area contributed by atoms with Crippen LogP contribution in [0.15, 0.2) is 0 Å². The van der Waals surface area contributed by atoms with Crippen molar-refractivity contribution in [1.82, 2.24) is 0 Å². The number of thioether (sulfide) groups is 1. The monoisotopic (exact) mass is 247 g/mol. The maximum atomic E-state index is 11.5. The average molecular weight is 247 g/mol. The van der Waals surface area contributed by atoms with Gasteiger partial charge in [0, 0.05) is 0 Å². The van der Waals surface area contributed by atoms with Crippen LogP contribution in [0.2, 0.25) is 0 Å². The Labute approximate surface area is 103 Å². The molecule has 0 radical (unpaired) electrons. The van der Waals surface area contributed by atoms with Crippen LogP contribution in [0.25, 0.3) is 0 Å². The fourth-order valence-electron chi connectivity index (χ4n) is 1.34. The first-order valence-electron chi connectivity index (χ1n) is 6.08. The number of ether oxygens (including phenoxy) is 1. The summed E-state index contributed by atoms with van der Waals surface area (Å²) in [6, 6.07) is 0. The van der Waals surface area contributed by atoms with Gasteiger partial charge in [0.05, 0.1) is 6.61 Å². The van der Waals surface area contributed by atoms with Gasteiger partial charge < -0.3 is 10.5 Å². The van der Waals surface area contributed by atoms with Gasteiger partial charge in [0.25, 0.3) is 0 Å². The van der Waals surface area contributed by atoms with Crippen molar-refractivity contribution in [3.63, 3.8) is 0 Å². The van der Waals surface area contributed by atoms with Crippen LogP contribution in [0.3, 0.4) is 0 Å². The van der Waals surface area contributed by atoms with Crippen LogP contribution in [-0.2, 0) is 9.53 Å². The van der Waals surface area contributed by atoms with Gasteiger partial charge in [-0.2, -0.15) is 11.8 Å². The number of hydrogen-bond donors (Lipinski definition) is 1. The summed E-state index contributed by atoms with van der Waals surface area (Å²) in [6.07, 6.45) is 4.04. The van der Waals surface area contributed by atoms with E-state index >= 15 is 0 Å². The van der Waals surface area contributed by atoms with E-state index in [1.807, 2.05) is 11.8 Å². The first kappa shape index (κ1) is 15.8. The van der Waals surface area contributed by atoms with Crippen molar-refractivity contribution < 1.29 is 9.53 Å². The second kappa shape index (κ2) is 8.88. The normalized spacial score (nSPS) is 14.5. The molecule has 0 bridgehead atoms. The second-order valence-electron chi connectivity index (χ2n) is 4.21. The molecule has 0 fully saturated rings. The second-order valence-corrected chi connectivity index (χ2v) is 5.43. The topological polar surface area (TPSA) is 52.3 Å². The molecule has 1 atom stereocenters. The molecule has 0 aromatic carbocycles. The highest BCUT2D eigenvalue weighted by Crippen LogP contribution is 2.15. The number of carbonyl (C=O) groups excluding carboxylic acids is 1. The molecule has 0 aliphatic heterocycles. The van der Waals surface area contributed by atoms with Crippen molar-refractivity contribution in [3.05, 3.63) is 0 Å². The minimum Gasteiger partial charge on any atom is -0.465 e. The molecule has 0 aromatic rings. The van der Waals surface area contributed by atoms with Crippen molar-refractivity contribution >= 4 is 17.7 Å². The van der Waals surface area contributed by atoms with Gasteiger partial charge in [0.15, 0.2) is 0 Å². The molecule has 4 heteroatoms. The van der Waals surface area contributed by atoms with Gasteiger partial charge in [-0.15, -0.1) is 0 Å². The van der Waals surface area contributed by atoms with Crippen molar-refractivity contribution in [2.75, 3.05) is 18.1 Å². The molecule has 0 rings (SSSR count). The molecular formula is C12H25NO2S. The van der Waals surface area contributed by atoms with E-state index in [9.17, 15) is 4.79 Å². The summed E-state index contributed by atoms with van der Waals surface area (Å²) in [5, 5.41) is 0. The lowest BCUT2D eigenvalue weighted by Crippen LogP contribution is -2.46. The molecule has 3 nitrogen and oxygen atoms in total. The van der Waals surface area contributed by atoms with Crippen LogP contribution in [0, 0.1) is 0 Å². The molecule has 1 unspecified atom stereocenters. The van der Waals surface area contributed by atoms with Gasteiger partial charge >= 0.3 is 5.97 Å². The lowest BCUT2D eigenvalue weighted by atomic mass is 9.96. The van der Waals surface area contributed by atoms with Gasteiger partial charge in [0.2, 0.25) is 0 Å². The Bertz CT molecular complexity index is 195. The number of esters is 1. The number of unbranched alkanes of at least 4 members (excludes halogenated alkanes) is 1. The number of hydrogen-bond acceptors (Lipinski definition) is 4. The molecule has 0 heterocycles. The van der Waals surface area contributed by atoms with Crippen molar-refractivity contribution in [2.24, 2.45) is 5.73 Å². The Hall–Kier alpha value is -0.220. The number of carbonyl (C=O) groups is 1. The fourth-order valence-corrected chi connectivity index (χ4v) is 2.24. The maximum absolute atomic E-state index is 11.5. The van der Waals surface area contributed by atoms with Crippen LogP contribution in [0.4, 0.5) is 0 Å². The minimum absolute atomic E-state index is 0.281. The highest BCUT2D eigenvalue weighted by Gasteiger charge is 2.28. The first-order valence-corrected chi connectivity index (χ1v) is 7.24. The van der Waals surface area contributed by atoms with E-state index in [0.29, 0.717) is 13.0 Å². The Morgan fingerprint density at radius 3 is 2.56 bits per heavy atom. The Morgan fingerprint density at radius 1 is 1.31 bits per heavy atom. The van der Waals surface area contributed by atoms with Crippen LogP contribution < -0.4 is 5.73 Å².